The fourth-order valence-corrected chi connectivity index (χ4v) is 8.53. The molecule has 0 aliphatic heterocycles. The zero-order chi connectivity index (χ0) is 55.5. The number of aliphatic hydroxyl groups excluding tert-OH is 1. The highest BCUT2D eigenvalue weighted by Gasteiger charge is 2.28. The van der Waals surface area contributed by atoms with Crippen molar-refractivity contribution in [2.24, 2.45) is 0 Å². The minimum Gasteiger partial charge on any atom is -0.462 e. The normalized spacial score (nSPS) is 14.1. The zero-order valence-electron chi connectivity index (χ0n) is 47.9. The van der Waals surface area contributed by atoms with Crippen LogP contribution in [0.4, 0.5) is 0 Å². The van der Waals surface area contributed by atoms with Crippen molar-refractivity contribution in [3.63, 3.8) is 0 Å². The van der Waals surface area contributed by atoms with Crippen molar-refractivity contribution < 1.29 is 52.2 Å². The summed E-state index contributed by atoms with van der Waals surface area (Å²) in [5.74, 6) is -1.59. The molecule has 0 aliphatic rings. The van der Waals surface area contributed by atoms with Crippen LogP contribution in [0.1, 0.15) is 239 Å². The summed E-state index contributed by atoms with van der Waals surface area (Å²) in [5, 5.41) is 9.83. The van der Waals surface area contributed by atoms with E-state index in [9.17, 15) is 28.9 Å². The predicted octanol–water partition coefficient (Wildman–Crippen LogP) is 17.8. The molecule has 0 rings (SSSR count). The van der Waals surface area contributed by atoms with Gasteiger partial charge in [0.2, 0.25) is 0 Å². The Morgan fingerprint density at radius 1 is 0.382 bits per heavy atom. The molecule has 0 saturated heterocycles. The molecule has 3 unspecified atom stereocenters. The van der Waals surface area contributed by atoms with Gasteiger partial charge in [-0.05, 0) is 89.9 Å². The Hall–Kier alpha value is -3.86. The second-order valence-electron chi connectivity index (χ2n) is 19.4. The first-order chi connectivity index (χ1) is 37.2. The second-order valence-corrected chi connectivity index (χ2v) is 20.9. The van der Waals surface area contributed by atoms with Gasteiger partial charge in [-0.25, -0.2) is 4.57 Å². The number of esters is 3. The lowest BCUT2D eigenvalue weighted by molar-refractivity contribution is -0.161. The van der Waals surface area contributed by atoms with E-state index in [1.165, 1.54) is 70.6 Å². The Morgan fingerprint density at radius 2 is 0.711 bits per heavy atom. The average molecular weight is 1080 g/mol. The topological polar surface area (TPSA) is 155 Å². The lowest BCUT2D eigenvalue weighted by atomic mass is 10.0. The van der Waals surface area contributed by atoms with Gasteiger partial charge in [-0.15, -0.1) is 0 Å². The Labute approximate surface area is 463 Å². The number of carbonyl (C=O) groups is 3. The van der Waals surface area contributed by atoms with E-state index in [1.807, 2.05) is 12.2 Å². The van der Waals surface area contributed by atoms with E-state index in [1.54, 1.807) is 0 Å². The van der Waals surface area contributed by atoms with Gasteiger partial charge in [-0.1, -0.05) is 239 Å². The summed E-state index contributed by atoms with van der Waals surface area (Å²) in [6.07, 6.45) is 69.2. The van der Waals surface area contributed by atoms with Gasteiger partial charge in [0.05, 0.1) is 19.8 Å². The summed E-state index contributed by atoms with van der Waals surface area (Å²) in [6, 6.07) is 0. The molecule has 0 heterocycles. The number of ether oxygens (including phenoxy) is 3. The summed E-state index contributed by atoms with van der Waals surface area (Å²) in [6.45, 7) is 4.32. The second kappa shape index (κ2) is 57.3. The molecule has 0 aromatic rings. The maximum Gasteiger partial charge on any atom is 0.472 e. The Kier molecular flexibility index (Phi) is 54.4. The van der Waals surface area contributed by atoms with Gasteiger partial charge in [-0.3, -0.25) is 23.4 Å². The van der Waals surface area contributed by atoms with Gasteiger partial charge < -0.3 is 24.2 Å². The number of hydrogen-bond donors (Lipinski definition) is 2. The molecule has 12 heteroatoms. The highest BCUT2D eigenvalue weighted by Crippen LogP contribution is 2.43. The lowest BCUT2D eigenvalue weighted by Gasteiger charge is -2.21. The molecule has 3 atom stereocenters. The van der Waals surface area contributed by atoms with Gasteiger partial charge in [-0.2, -0.15) is 0 Å². The van der Waals surface area contributed by atoms with Gasteiger partial charge in [0.1, 0.15) is 12.7 Å². The van der Waals surface area contributed by atoms with Crippen molar-refractivity contribution in [2.75, 3.05) is 26.4 Å². The number of phosphoric acid groups is 1. The summed E-state index contributed by atoms with van der Waals surface area (Å²) in [7, 11) is -4.77. The van der Waals surface area contributed by atoms with Gasteiger partial charge in [0, 0.05) is 19.3 Å². The third kappa shape index (κ3) is 54.9. The molecule has 76 heavy (non-hydrogen) atoms. The van der Waals surface area contributed by atoms with Crippen molar-refractivity contribution in [1.82, 2.24) is 0 Å². The maximum absolute atomic E-state index is 12.9. The molecule has 0 aromatic carbocycles. The first kappa shape index (κ1) is 72.1. The van der Waals surface area contributed by atoms with Crippen LogP contribution in [0.2, 0.25) is 0 Å². The third-order valence-electron chi connectivity index (χ3n) is 12.2. The van der Waals surface area contributed by atoms with Crippen molar-refractivity contribution in [3.8, 4) is 0 Å². The molecule has 2 N–H and O–H groups in total. The molecule has 434 valence electrons. The summed E-state index contributed by atoms with van der Waals surface area (Å²) < 4.78 is 39.5. The van der Waals surface area contributed by atoms with Crippen molar-refractivity contribution in [3.05, 3.63) is 109 Å². The molecule has 11 nitrogen and oxygen atoms in total. The number of aliphatic hydroxyl groups is 1. The van der Waals surface area contributed by atoms with Crippen LogP contribution in [0.25, 0.3) is 0 Å². The molecule has 0 bridgehead atoms. The van der Waals surface area contributed by atoms with Crippen molar-refractivity contribution in [2.45, 2.75) is 251 Å². The minimum absolute atomic E-state index is 0.0930. The molecule has 0 aromatic heterocycles. The third-order valence-corrected chi connectivity index (χ3v) is 13.2. The van der Waals surface area contributed by atoms with Gasteiger partial charge in [0.25, 0.3) is 0 Å². The first-order valence-electron chi connectivity index (χ1n) is 29.8. The predicted molar refractivity (Wildman–Crippen MR) is 316 cm³/mol. The highest BCUT2D eigenvalue weighted by molar-refractivity contribution is 7.47. The minimum atomic E-state index is -4.77. The lowest BCUT2D eigenvalue weighted by Crippen LogP contribution is -2.30. The largest absolute Gasteiger partial charge is 0.472 e. The standard InChI is InChI=1S/C64H107O11P/c1-4-7-10-13-16-19-22-25-28-29-30-31-34-35-38-41-44-47-50-53-62(66)71-57-61(75-64(68)55-52-49-46-43-40-37-33-27-24-21-18-15-12-9-6-3)59-73-76(69,70)72-58-60(56-65)74-63(67)54-51-48-45-42-39-36-32-26-23-20-17-14-11-8-5-2/h7,9-10,12,16,18-19,21,25,27-28,30-31,33,35,38,44,47,60-61,65H,4-6,8,11,13-15,17,20,22-24,26,29,32,34,36-37,39-43,45-46,48-59H2,1-3H3,(H,69,70)/b10-7-,12-9-,19-16-,21-18-,28-25-,31-30-,33-27-,38-35-,47-44-. The van der Waals surface area contributed by atoms with E-state index in [2.05, 4.69) is 118 Å². The number of hydrogen-bond acceptors (Lipinski definition) is 10. The van der Waals surface area contributed by atoms with Crippen LogP contribution in [0.15, 0.2) is 109 Å². The molecular weight excluding hydrogens is 976 g/mol. The Morgan fingerprint density at radius 3 is 1.11 bits per heavy atom. The number of phosphoric ester groups is 1. The van der Waals surface area contributed by atoms with Crippen LogP contribution in [0, 0.1) is 0 Å². The maximum atomic E-state index is 12.9. The molecule has 0 saturated carbocycles. The Bertz CT molecular complexity index is 1690. The summed E-state index contributed by atoms with van der Waals surface area (Å²) in [5.41, 5.74) is 0. The molecule has 0 spiro atoms. The summed E-state index contributed by atoms with van der Waals surface area (Å²) >= 11 is 0. The van der Waals surface area contributed by atoms with Crippen LogP contribution < -0.4 is 0 Å². The number of rotatable bonds is 54. The number of carbonyl (C=O) groups excluding carboxylic acids is 3. The van der Waals surface area contributed by atoms with Gasteiger partial charge in [0.15, 0.2) is 6.10 Å². The van der Waals surface area contributed by atoms with Crippen LogP contribution in [-0.2, 0) is 42.2 Å². The zero-order valence-corrected chi connectivity index (χ0v) is 48.8. The van der Waals surface area contributed by atoms with E-state index in [0.29, 0.717) is 19.3 Å². The summed E-state index contributed by atoms with van der Waals surface area (Å²) in [4.78, 5) is 48.6. The fraction of sp³-hybridized carbons (Fsp3) is 0.672. The van der Waals surface area contributed by atoms with E-state index in [-0.39, 0.29) is 25.9 Å². The van der Waals surface area contributed by atoms with Gasteiger partial charge >= 0.3 is 25.7 Å². The van der Waals surface area contributed by atoms with E-state index >= 15 is 0 Å². The van der Waals surface area contributed by atoms with Crippen LogP contribution >= 0.6 is 7.82 Å². The number of allylic oxidation sites excluding steroid dienone is 18. The SMILES string of the molecule is CC/C=C\C/C=C\C/C=C\C/C=C\C/C=C\C/C=C\CCC(=O)OCC(COP(=O)(O)OCC(CO)OC(=O)CCCCCCCCCCCCCCCCC)OC(=O)CCCCCCC/C=C\C/C=C\C/C=C\CC. The van der Waals surface area contributed by atoms with E-state index < -0.39 is 57.8 Å². The molecule has 0 fully saturated rings. The molecular formula is C64H107O11P. The van der Waals surface area contributed by atoms with Crippen LogP contribution in [-0.4, -0.2) is 66.5 Å². The number of unbranched alkanes of at least 4 members (excludes halogenated alkanes) is 19. The van der Waals surface area contributed by atoms with Crippen molar-refractivity contribution >= 4 is 25.7 Å². The molecule has 0 radical (unpaired) electrons. The quantitative estimate of drug-likeness (QED) is 0.0197. The van der Waals surface area contributed by atoms with Crippen LogP contribution in [0.3, 0.4) is 0 Å². The average Bonchev–Trinajstić information content (AvgIpc) is 3.41. The monoisotopic (exact) mass is 1080 g/mol. The van der Waals surface area contributed by atoms with Crippen LogP contribution in [0.5, 0.6) is 0 Å². The first-order valence-corrected chi connectivity index (χ1v) is 31.3. The smallest absolute Gasteiger partial charge is 0.462 e. The molecule has 0 amide bonds. The van der Waals surface area contributed by atoms with E-state index in [4.69, 9.17) is 23.3 Å². The Balaban J connectivity index is 4.83. The highest BCUT2D eigenvalue weighted by atomic mass is 31.2. The van der Waals surface area contributed by atoms with Crippen molar-refractivity contribution in [1.29, 1.82) is 0 Å². The van der Waals surface area contributed by atoms with E-state index in [0.717, 1.165) is 109 Å². The molecule has 0 aliphatic carbocycles. The fourth-order valence-electron chi connectivity index (χ4n) is 7.75.